The molecule has 4 aromatic heterocycles. The number of hydrogen-bond donors (Lipinski definition) is 4. The summed E-state index contributed by atoms with van der Waals surface area (Å²) in [7, 11) is 0.851. The van der Waals surface area contributed by atoms with Crippen LogP contribution in [-0.2, 0) is 51.2 Å². The average molecular weight is 2120 g/mol. The Labute approximate surface area is 860 Å². The molecular weight excluding hydrogens is 1970 g/mol. The van der Waals surface area contributed by atoms with E-state index in [1.807, 2.05) is 98.3 Å². The Morgan fingerprint density at radius 1 is 0.357 bits per heavy atom. The lowest BCUT2D eigenvalue weighted by Crippen LogP contribution is -2.44. The van der Waals surface area contributed by atoms with Gasteiger partial charge in [-0.3, -0.25) is 0 Å². The fourth-order valence-corrected chi connectivity index (χ4v) is 23.2. The predicted octanol–water partition coefficient (Wildman–Crippen LogP) is 24.5. The van der Waals surface area contributed by atoms with Gasteiger partial charge in [0.05, 0.1) is 67.0 Å². The van der Waals surface area contributed by atoms with Gasteiger partial charge in [0.25, 0.3) is 0 Å². The molecule has 0 radical (unpaired) electrons. The molecule has 0 spiro atoms. The number of aliphatic hydroxyl groups is 1. The van der Waals surface area contributed by atoms with Crippen LogP contribution in [0.15, 0.2) is 122 Å². The lowest BCUT2D eigenvalue weighted by atomic mass is 9.92. The third-order valence-corrected chi connectivity index (χ3v) is 42.8. The summed E-state index contributed by atoms with van der Waals surface area (Å²) in [4.78, 5) is 38.2. The van der Waals surface area contributed by atoms with Gasteiger partial charge in [-0.25, -0.2) is 75.0 Å². The Morgan fingerprint density at radius 2 is 0.601 bits per heavy atom. The molecule has 4 unspecified atom stereocenters. The third kappa shape index (κ3) is 28.4. The van der Waals surface area contributed by atoms with E-state index in [1.165, 1.54) is 73.8 Å². The van der Waals surface area contributed by atoms with Gasteiger partial charge < -0.3 is 87.8 Å². The number of halogens is 11. The number of nitrogen functional groups attached to an aromatic ring is 2. The Kier molecular flexibility index (Phi) is 40.5. The fraction of sp³-hybridized carbons (Fsp3) is 0.612. The van der Waals surface area contributed by atoms with Gasteiger partial charge in [0, 0.05) is 75.1 Å². The van der Waals surface area contributed by atoms with Crippen molar-refractivity contribution in [2.45, 2.75) is 355 Å². The summed E-state index contributed by atoms with van der Waals surface area (Å²) in [5.74, 6) is -8.34. The Bertz CT molecular complexity index is 5360. The van der Waals surface area contributed by atoms with Crippen molar-refractivity contribution in [1.82, 2.24) is 45.2 Å². The van der Waals surface area contributed by atoms with Crippen LogP contribution in [0.25, 0.3) is 0 Å². The number of fused-ring (bicyclic) bond motifs is 4. The topological polar surface area (TPSA) is 299 Å². The first-order chi connectivity index (χ1) is 63.9. The third-order valence-electron chi connectivity index (χ3n) is 28.8. The molecule has 40 heteroatoms. The number of rotatable bonds is 21. The minimum Gasteiger partial charge on any atom is -0.410 e. The molecule has 4 aliphatic carbocycles. The van der Waals surface area contributed by atoms with Crippen molar-refractivity contribution >= 4 is 88.8 Å². The second kappa shape index (κ2) is 47.2. The average Bonchev–Trinajstić information content (AvgIpc) is 1.60. The smallest absolute Gasteiger partial charge is 0.192 e. The van der Waals surface area contributed by atoms with Crippen LogP contribution in [0.4, 0.5) is 64.2 Å². The molecule has 8 heterocycles. The molecule has 4 aromatic carbocycles. The van der Waals surface area contributed by atoms with E-state index in [1.54, 1.807) is 36.4 Å². The van der Waals surface area contributed by atoms with Crippen LogP contribution in [0.2, 0.25) is 69.9 Å². The number of aliphatic hydroxyl groups excluding tert-OH is 1. The number of benzene rings is 4. The summed E-state index contributed by atoms with van der Waals surface area (Å²) in [6, 6.07) is 21.9. The van der Waals surface area contributed by atoms with Crippen molar-refractivity contribution in [3.05, 3.63) is 207 Å². The first kappa shape index (κ1) is 123. The van der Waals surface area contributed by atoms with Crippen LogP contribution in [0.1, 0.15) is 227 Å². The highest BCUT2D eigenvalue weighted by atomic mass is 35.5. The maximum atomic E-state index is 14.4. The van der Waals surface area contributed by atoms with Gasteiger partial charge in [0.15, 0.2) is 94.6 Å². The minimum atomic E-state index is -2.31. The molecule has 6 N–H and O–H groups in total. The number of nitrogens with zero attached hydrogens (tertiary/aromatic N) is 11. The molecule has 4 saturated heterocycles. The van der Waals surface area contributed by atoms with Crippen LogP contribution in [0, 0.1) is 70.2 Å². The first-order valence-corrected chi connectivity index (χ1v) is 56.3. The predicted molar refractivity (Wildman–Crippen MR) is 556 cm³/mol. The largest absolute Gasteiger partial charge is 0.410 e. The van der Waals surface area contributed by atoms with E-state index >= 15 is 0 Å². The standard InChI is InChI=1S/C26H36ClF2N3O3Si.C26H38F2N4O3Si.C22H35F2NO3Si.C20H24F2N4O3.C4H2Cl2N2.5CH4/c1-25(2,3)36(7,8)35-22(15-9-10-17(28)18(29)11-15)16-12-19(24-23(16)33-26(4,5)34-24)32(6)21-13-20(27)30-14-31-21;1-25(2,3)36(7,8)35-22(15-9-10-17(27)18(28)11-15)16-12-19(24-23(16)33-26(4,5)34-24)32(6)21-13-20(29)30-14-31-21;1-21(2,3)29(7,8)28-18(13-9-10-15(23)16(24)11-13)14-12-17(25-6)20-19(14)26-22(4,5)27-20;1-20(2)28-18-11(17(27)10-4-5-12(21)13(22)6-10)7-14(19(18)29-20)26(3)16-8-15(23)24-9-25-16;5-3-1-4(6)8-2-7-3;;;;;/h9-11,13-14,16,19,22-24H,12H2,1-8H3;9-11,13-14,16,19,22-24H,12H2,1-8H3,(H2,29,30,31);9-11,14,17-20,25H,12H2,1-8H3;4-6,8-9,11,14,17-19,27H,7H2,1-3H3,(H2,23,24,25);1-2H;5*1H4/t2*16-,19-,22?,23-,24+;14-,17-,18?,19-,20+;11-,14-,17?,18-,19+;;;;;;/m1111....../s1. The van der Waals surface area contributed by atoms with Gasteiger partial charge in [-0.15, -0.1) is 0 Å². The van der Waals surface area contributed by atoms with Crippen molar-refractivity contribution in [3.8, 4) is 0 Å². The highest BCUT2D eigenvalue weighted by molar-refractivity contribution is 6.75. The van der Waals surface area contributed by atoms with Crippen LogP contribution >= 0.6 is 34.8 Å². The van der Waals surface area contributed by atoms with Gasteiger partial charge in [-0.05, 0) is 213 Å². The van der Waals surface area contributed by atoms with Crippen LogP contribution in [-0.4, -0.2) is 194 Å². The molecule has 20 atom stereocenters. The Morgan fingerprint density at radius 3 is 0.881 bits per heavy atom. The van der Waals surface area contributed by atoms with Crippen molar-refractivity contribution in [2.24, 2.45) is 23.7 Å². The minimum absolute atomic E-state index is 0. The molecule has 0 bridgehead atoms. The van der Waals surface area contributed by atoms with E-state index in [0.29, 0.717) is 86.1 Å². The molecule has 0 amide bonds. The van der Waals surface area contributed by atoms with Crippen LogP contribution in [0.5, 0.6) is 0 Å². The summed E-state index contributed by atoms with van der Waals surface area (Å²) in [5, 5.41) is 15.2. The lowest BCUT2D eigenvalue weighted by molar-refractivity contribution is -0.163. The van der Waals surface area contributed by atoms with Crippen LogP contribution < -0.4 is 31.5 Å². The van der Waals surface area contributed by atoms with Crippen LogP contribution in [0.3, 0.4) is 0 Å². The lowest BCUT2D eigenvalue weighted by Gasteiger charge is -2.42. The summed E-state index contributed by atoms with van der Waals surface area (Å²) < 4.78 is 183. The van der Waals surface area contributed by atoms with E-state index in [0.717, 1.165) is 18.6 Å². The molecule has 4 saturated carbocycles. The summed E-state index contributed by atoms with van der Waals surface area (Å²) in [6.45, 7) is 47.5. The normalized spacial score (nSPS) is 26.0. The molecule has 798 valence electrons. The molecular formula is C103H155Cl3F8N14O12Si3. The number of anilines is 5. The number of aromatic nitrogens is 8. The molecule has 8 aliphatic rings. The number of nitrogens with two attached hydrogens (primary N) is 2. The Balaban J connectivity index is 0.000000250. The maximum Gasteiger partial charge on any atom is 0.192 e. The van der Waals surface area contributed by atoms with Crippen molar-refractivity contribution in [3.63, 3.8) is 0 Å². The number of nitrogens with one attached hydrogen (secondary N) is 1. The molecule has 16 rings (SSSR count). The summed E-state index contributed by atoms with van der Waals surface area (Å²) in [5.41, 5.74) is 13.9. The second-order valence-electron chi connectivity index (χ2n) is 43.3. The van der Waals surface area contributed by atoms with Gasteiger partial charge in [-0.2, -0.15) is 0 Å². The van der Waals surface area contributed by atoms with Crippen molar-refractivity contribution in [2.75, 3.05) is 54.4 Å². The van der Waals surface area contributed by atoms with E-state index in [2.05, 4.69) is 147 Å². The SMILES string of the molecule is C.C.C.C.C.CN(c1cc(Cl)ncn1)[C@@H]1C[C@H](C(O[Si](C)(C)C(C)(C)C)c2ccc(F)c(F)c2)[C@H]2OC(C)(C)O[C@H]21.CN(c1cc(N)ncn1)[C@@H]1C[C@H](C(O)c2ccc(F)c(F)c2)[C@H]2OC(C)(C)O[C@H]21.CN(c1cc(N)ncn1)[C@@H]1C[C@H](C(O[Si](C)(C)C(C)(C)C)c2ccc(F)c(F)c2)[C@H]2OC(C)(C)O[C@H]21.CN[C@@H]1C[C@H](C(O[Si](C)(C)C(C)(C)C)c2ccc(F)c(F)c2)[C@H]2OC(C)(C)O[C@H]21.Clc1cc(Cl)ncn1. The molecule has 4 aliphatic heterocycles. The van der Waals surface area contributed by atoms with Gasteiger partial charge >= 0.3 is 0 Å². The van der Waals surface area contributed by atoms with Gasteiger partial charge in [-0.1, -0.05) is 159 Å². The van der Waals surface area contributed by atoms with E-state index in [4.69, 9.17) is 97.4 Å². The van der Waals surface area contributed by atoms with Gasteiger partial charge in [0.1, 0.15) is 94.3 Å². The first-order valence-electron chi connectivity index (χ1n) is 46.4. The zero-order valence-electron chi connectivity index (χ0n) is 83.6. The molecule has 143 heavy (non-hydrogen) atoms. The Hall–Kier alpha value is -7.36. The molecule has 26 nitrogen and oxygen atoms in total. The zero-order valence-corrected chi connectivity index (χ0v) is 88.9. The number of likely N-dealkylation sites (N-methyl/N-ethyl adjacent to an activating group) is 4. The number of hydrogen-bond acceptors (Lipinski definition) is 26. The van der Waals surface area contributed by atoms with Crippen molar-refractivity contribution in [1.29, 1.82) is 0 Å². The number of ether oxygens (including phenoxy) is 8. The summed E-state index contributed by atoms with van der Waals surface area (Å²) >= 11 is 17.0. The van der Waals surface area contributed by atoms with E-state index in [-0.39, 0.29) is 143 Å². The zero-order chi connectivity index (χ0) is 102. The summed E-state index contributed by atoms with van der Waals surface area (Å²) in [6.07, 6.45) is 3.49. The fourth-order valence-electron chi connectivity index (χ4n) is 18.8. The van der Waals surface area contributed by atoms with Crippen molar-refractivity contribution < 1.29 is 91.4 Å². The quantitative estimate of drug-likeness (QED) is 0.0295. The second-order valence-corrected chi connectivity index (χ2v) is 58.7. The molecule has 8 aromatic rings. The van der Waals surface area contributed by atoms with E-state index < -0.39 is 125 Å². The van der Waals surface area contributed by atoms with E-state index in [9.17, 15) is 40.2 Å². The maximum absolute atomic E-state index is 14.4. The highest BCUT2D eigenvalue weighted by Gasteiger charge is 2.63. The monoisotopic (exact) mass is 2120 g/mol. The highest BCUT2D eigenvalue weighted by Crippen LogP contribution is 2.57. The molecule has 8 fully saturated rings. The van der Waals surface area contributed by atoms with Gasteiger partial charge in [0.2, 0.25) is 0 Å².